The van der Waals surface area contributed by atoms with E-state index >= 15 is 0 Å². The number of nitrogens with one attached hydrogen (secondary N) is 1. The smallest absolute Gasteiger partial charge is 0.162 e. The van der Waals surface area contributed by atoms with Gasteiger partial charge in [-0.15, -0.1) is 0 Å². The van der Waals surface area contributed by atoms with Crippen LogP contribution in [0.1, 0.15) is 30.9 Å². The number of phenols is 1. The Morgan fingerprint density at radius 1 is 1.56 bits per heavy atom. The zero-order chi connectivity index (χ0) is 13.1. The van der Waals surface area contributed by atoms with E-state index in [1.54, 1.807) is 7.11 Å². The molecule has 0 amide bonds. The van der Waals surface area contributed by atoms with Crippen molar-refractivity contribution in [1.29, 1.82) is 0 Å². The Bertz CT molecular complexity index is 400. The Morgan fingerprint density at radius 2 is 2.33 bits per heavy atom. The maximum atomic E-state index is 10.2. The first-order chi connectivity index (χ1) is 8.67. The van der Waals surface area contributed by atoms with Crippen molar-refractivity contribution in [2.75, 3.05) is 13.7 Å². The predicted molar refractivity (Wildman–Crippen MR) is 73.8 cm³/mol. The van der Waals surface area contributed by atoms with Crippen molar-refractivity contribution in [2.45, 2.75) is 38.6 Å². The Balaban J connectivity index is 2.36. The van der Waals surface area contributed by atoms with Gasteiger partial charge in [-0.3, -0.25) is 0 Å². The van der Waals surface area contributed by atoms with Crippen molar-refractivity contribution in [3.05, 3.63) is 22.2 Å². The molecule has 1 aromatic rings. The third-order valence-corrected chi connectivity index (χ3v) is 4.06. The first-order valence-corrected chi connectivity index (χ1v) is 6.85. The molecule has 1 fully saturated rings. The molecule has 1 aliphatic rings. The van der Waals surface area contributed by atoms with Gasteiger partial charge in [-0.2, -0.15) is 0 Å². The van der Waals surface area contributed by atoms with Crippen LogP contribution in [0, 0.1) is 0 Å². The Morgan fingerprint density at radius 3 is 2.89 bits per heavy atom. The molecule has 1 aliphatic heterocycles. The minimum atomic E-state index is 0.188. The fourth-order valence-electron chi connectivity index (χ4n) is 2.51. The molecule has 2 N–H and O–H groups in total. The topological polar surface area (TPSA) is 41.5 Å². The monoisotopic (exact) mass is 269 g/mol. The number of aryl methyl sites for hydroxylation is 1. The first-order valence-electron chi connectivity index (χ1n) is 6.48. The van der Waals surface area contributed by atoms with Crippen LogP contribution in [0.2, 0.25) is 5.02 Å². The quantitative estimate of drug-likeness (QED) is 0.883. The minimum absolute atomic E-state index is 0.188. The number of halogens is 1. The third-order valence-electron chi connectivity index (χ3n) is 3.59. The van der Waals surface area contributed by atoms with Gasteiger partial charge in [0.15, 0.2) is 11.5 Å². The first kappa shape index (κ1) is 13.5. The highest BCUT2D eigenvalue weighted by atomic mass is 35.5. The van der Waals surface area contributed by atoms with Gasteiger partial charge >= 0.3 is 0 Å². The number of hydrogen-bond acceptors (Lipinski definition) is 3. The summed E-state index contributed by atoms with van der Waals surface area (Å²) in [6.07, 6.45) is 3.91. The molecule has 1 aromatic carbocycles. The summed E-state index contributed by atoms with van der Waals surface area (Å²) in [5.74, 6) is 0.706. The van der Waals surface area contributed by atoms with Gasteiger partial charge in [-0.05, 0) is 43.9 Å². The predicted octanol–water partition coefficient (Wildman–Crippen LogP) is 2.91. The molecule has 0 aromatic heterocycles. The molecule has 1 atom stereocenters. The lowest BCUT2D eigenvalue weighted by molar-refractivity contribution is 0.369. The van der Waals surface area contributed by atoms with Crippen LogP contribution in [0.15, 0.2) is 6.07 Å². The molecule has 1 unspecified atom stereocenters. The molecule has 1 heterocycles. The van der Waals surface area contributed by atoms with Crippen molar-refractivity contribution in [2.24, 2.45) is 0 Å². The summed E-state index contributed by atoms with van der Waals surface area (Å²) in [4.78, 5) is 0. The Hall–Kier alpha value is -0.930. The highest BCUT2D eigenvalue weighted by molar-refractivity contribution is 6.32. The molecule has 0 aliphatic carbocycles. The van der Waals surface area contributed by atoms with E-state index in [1.807, 2.05) is 6.07 Å². The van der Waals surface area contributed by atoms with Crippen molar-refractivity contribution < 1.29 is 9.84 Å². The van der Waals surface area contributed by atoms with Crippen LogP contribution in [0.25, 0.3) is 0 Å². The minimum Gasteiger partial charge on any atom is -0.504 e. The maximum Gasteiger partial charge on any atom is 0.162 e. The largest absolute Gasteiger partial charge is 0.504 e. The normalized spacial score (nSPS) is 19.2. The number of aromatic hydroxyl groups is 1. The van der Waals surface area contributed by atoms with Crippen molar-refractivity contribution in [3.63, 3.8) is 0 Å². The van der Waals surface area contributed by atoms with Crippen LogP contribution < -0.4 is 10.1 Å². The summed E-state index contributed by atoms with van der Waals surface area (Å²) in [6, 6.07) is 2.23. The molecular formula is C14H20ClNO2. The highest BCUT2D eigenvalue weighted by Gasteiger charge is 2.21. The van der Waals surface area contributed by atoms with Crippen LogP contribution in [-0.4, -0.2) is 24.8 Å². The van der Waals surface area contributed by atoms with Crippen molar-refractivity contribution >= 4 is 11.6 Å². The molecular weight excluding hydrogens is 250 g/mol. The number of phenolic OH excluding ortho intramolecular Hbond substituents is 1. The van der Waals surface area contributed by atoms with Gasteiger partial charge in [-0.1, -0.05) is 18.5 Å². The van der Waals surface area contributed by atoms with Gasteiger partial charge in [0, 0.05) is 11.6 Å². The molecule has 2 rings (SSSR count). The van der Waals surface area contributed by atoms with Crippen molar-refractivity contribution in [1.82, 2.24) is 5.32 Å². The van der Waals surface area contributed by atoms with Gasteiger partial charge < -0.3 is 15.2 Å². The number of hydrogen-bond donors (Lipinski definition) is 2. The standard InChI is InChI=1S/C14H20ClNO2/c1-3-9-7-12(18-2)14(17)11(13(9)15)8-10-5-4-6-16-10/h7,10,16-17H,3-6,8H2,1-2H3. The summed E-state index contributed by atoms with van der Waals surface area (Å²) < 4.78 is 5.22. The lowest BCUT2D eigenvalue weighted by Gasteiger charge is -2.17. The van der Waals surface area contributed by atoms with Crippen LogP contribution in [0.5, 0.6) is 11.5 Å². The lowest BCUT2D eigenvalue weighted by Crippen LogP contribution is -2.24. The van der Waals surface area contributed by atoms with E-state index in [4.69, 9.17) is 16.3 Å². The molecule has 100 valence electrons. The average Bonchev–Trinajstić information content (AvgIpc) is 2.88. The second kappa shape index (κ2) is 5.81. The Labute approximate surface area is 113 Å². The molecule has 18 heavy (non-hydrogen) atoms. The van der Waals surface area contributed by atoms with E-state index in [-0.39, 0.29) is 5.75 Å². The molecule has 3 nitrogen and oxygen atoms in total. The van der Waals surface area contributed by atoms with Crippen LogP contribution in [0.3, 0.4) is 0 Å². The zero-order valence-corrected chi connectivity index (χ0v) is 11.7. The van der Waals surface area contributed by atoms with Crippen molar-refractivity contribution in [3.8, 4) is 11.5 Å². The van der Waals surface area contributed by atoms with Crippen LogP contribution in [-0.2, 0) is 12.8 Å². The number of benzene rings is 1. The van der Waals surface area contributed by atoms with E-state index < -0.39 is 0 Å². The summed E-state index contributed by atoms with van der Waals surface area (Å²) in [6.45, 7) is 3.10. The fraction of sp³-hybridized carbons (Fsp3) is 0.571. The summed E-state index contributed by atoms with van der Waals surface area (Å²) >= 11 is 6.38. The number of rotatable bonds is 4. The number of methoxy groups -OCH3 is 1. The summed E-state index contributed by atoms with van der Waals surface area (Å²) in [5.41, 5.74) is 1.84. The SMILES string of the molecule is CCc1cc(OC)c(O)c(CC2CCCN2)c1Cl. The van der Waals surface area contributed by atoms with Crippen LogP contribution in [0.4, 0.5) is 0 Å². The van der Waals surface area contributed by atoms with E-state index in [9.17, 15) is 5.11 Å². The fourth-order valence-corrected chi connectivity index (χ4v) is 2.87. The van der Waals surface area contributed by atoms with Gasteiger partial charge in [0.1, 0.15) is 0 Å². The van der Waals surface area contributed by atoms with Gasteiger partial charge in [0.25, 0.3) is 0 Å². The second-order valence-electron chi connectivity index (χ2n) is 4.73. The molecule has 1 saturated heterocycles. The van der Waals surface area contributed by atoms with Gasteiger partial charge in [-0.25, -0.2) is 0 Å². The average molecular weight is 270 g/mol. The van der Waals surface area contributed by atoms with Gasteiger partial charge in [0.2, 0.25) is 0 Å². The lowest BCUT2D eigenvalue weighted by atomic mass is 9.99. The molecule has 0 spiro atoms. The van der Waals surface area contributed by atoms with E-state index in [1.165, 1.54) is 6.42 Å². The van der Waals surface area contributed by atoms with E-state index in [0.717, 1.165) is 36.9 Å². The number of ether oxygens (including phenoxy) is 1. The third kappa shape index (κ3) is 2.57. The molecule has 0 bridgehead atoms. The molecule has 0 saturated carbocycles. The summed E-state index contributed by atoms with van der Waals surface area (Å²) in [7, 11) is 1.57. The van der Waals surface area contributed by atoms with Crippen LogP contribution >= 0.6 is 11.6 Å². The van der Waals surface area contributed by atoms with E-state index in [2.05, 4.69) is 12.2 Å². The van der Waals surface area contributed by atoms with Gasteiger partial charge in [0.05, 0.1) is 12.1 Å². The summed E-state index contributed by atoms with van der Waals surface area (Å²) in [5, 5.41) is 14.3. The maximum absolute atomic E-state index is 10.2. The zero-order valence-electron chi connectivity index (χ0n) is 10.9. The molecule has 0 radical (unpaired) electrons. The molecule has 4 heteroatoms. The van der Waals surface area contributed by atoms with E-state index in [0.29, 0.717) is 16.8 Å². The Kier molecular flexibility index (Phi) is 4.36. The highest BCUT2D eigenvalue weighted by Crippen LogP contribution is 2.39. The second-order valence-corrected chi connectivity index (χ2v) is 5.11.